The number of alkyl halides is 1. The van der Waals surface area contributed by atoms with E-state index in [2.05, 4.69) is 0 Å². The summed E-state index contributed by atoms with van der Waals surface area (Å²) in [5, 5.41) is 6.21. The third kappa shape index (κ3) is 5.63. The van der Waals surface area contributed by atoms with Crippen LogP contribution in [0.5, 0.6) is 5.75 Å². The van der Waals surface area contributed by atoms with Gasteiger partial charge in [-0.25, -0.2) is 4.79 Å². The summed E-state index contributed by atoms with van der Waals surface area (Å²) in [6.07, 6.45) is 1.06. The van der Waals surface area contributed by atoms with Crippen LogP contribution in [0, 0.1) is 6.92 Å². The molecule has 10 heteroatoms. The van der Waals surface area contributed by atoms with E-state index in [1.807, 2.05) is 59.6 Å². The van der Waals surface area contributed by atoms with Crippen LogP contribution in [0.1, 0.15) is 46.3 Å². The smallest absolute Gasteiger partial charge is 0.354 e. The Morgan fingerprint density at radius 2 is 1.77 bits per heavy atom. The summed E-state index contributed by atoms with van der Waals surface area (Å²) in [7, 11) is 4.81. The molecule has 2 aromatic carbocycles. The van der Waals surface area contributed by atoms with Gasteiger partial charge < -0.3 is 18.8 Å². The van der Waals surface area contributed by atoms with Gasteiger partial charge in [0.2, 0.25) is 0 Å². The first-order valence-electron chi connectivity index (χ1n) is 12.5. The third-order valence-corrected chi connectivity index (χ3v) is 7.33. The van der Waals surface area contributed by atoms with Crippen LogP contribution in [0.3, 0.4) is 0 Å². The molecular weight excluding hydrogens is 541 g/mol. The summed E-state index contributed by atoms with van der Waals surface area (Å²) in [4.78, 5) is 24.2. The predicted molar refractivity (Wildman–Crippen MR) is 152 cm³/mol. The molecule has 2 heterocycles. The molecule has 0 atom stereocenters. The fourth-order valence-electron chi connectivity index (χ4n) is 5.04. The second-order valence-corrected chi connectivity index (χ2v) is 9.86. The molecule has 0 aliphatic heterocycles. The maximum Gasteiger partial charge on any atom is 0.354 e. The summed E-state index contributed by atoms with van der Waals surface area (Å²) in [5.74, 6) is 0.192. The van der Waals surface area contributed by atoms with Gasteiger partial charge >= 0.3 is 11.9 Å². The summed E-state index contributed by atoms with van der Waals surface area (Å²) in [6.45, 7) is 4.07. The average molecular weight is 572 g/mol. The molecule has 0 unspecified atom stereocenters. The first kappa shape index (κ1) is 28.5. The number of carbonyl (C=O) groups excluding carboxylic acids is 2. The molecule has 39 heavy (non-hydrogen) atoms. The Labute approximate surface area is 237 Å². The fourth-order valence-corrected chi connectivity index (χ4v) is 5.56. The number of ether oxygens (including phenoxy) is 3. The van der Waals surface area contributed by atoms with Gasteiger partial charge in [0.1, 0.15) is 11.4 Å². The fraction of sp³-hybridized carbons (Fsp3) is 0.345. The van der Waals surface area contributed by atoms with Crippen molar-refractivity contribution >= 4 is 46.0 Å². The molecule has 0 bridgehead atoms. The van der Waals surface area contributed by atoms with Crippen LogP contribution in [0.25, 0.3) is 22.0 Å². The zero-order chi connectivity index (χ0) is 28.3. The number of aromatic nitrogens is 3. The van der Waals surface area contributed by atoms with Crippen LogP contribution in [-0.4, -0.2) is 47.1 Å². The Kier molecular flexibility index (Phi) is 8.87. The summed E-state index contributed by atoms with van der Waals surface area (Å²) >= 11 is 13.4. The molecule has 8 nitrogen and oxygen atoms in total. The van der Waals surface area contributed by atoms with E-state index < -0.39 is 5.97 Å². The zero-order valence-electron chi connectivity index (χ0n) is 22.6. The van der Waals surface area contributed by atoms with Crippen LogP contribution < -0.4 is 4.74 Å². The van der Waals surface area contributed by atoms with Crippen LogP contribution in [0.2, 0.25) is 5.02 Å². The topological polar surface area (TPSA) is 84.6 Å². The van der Waals surface area contributed by atoms with Gasteiger partial charge in [-0.3, -0.25) is 9.48 Å². The number of nitrogens with zero attached hydrogens (tertiary/aromatic N) is 3. The van der Waals surface area contributed by atoms with Gasteiger partial charge in [-0.05, 0) is 49.1 Å². The lowest BCUT2D eigenvalue weighted by Gasteiger charge is -2.12. The molecule has 0 radical (unpaired) electrons. The van der Waals surface area contributed by atoms with E-state index in [-0.39, 0.29) is 18.5 Å². The first-order valence-corrected chi connectivity index (χ1v) is 13.4. The van der Waals surface area contributed by atoms with Crippen LogP contribution >= 0.6 is 23.2 Å². The molecular formula is C29H31Cl2N3O5. The summed E-state index contributed by atoms with van der Waals surface area (Å²) in [5.41, 5.74) is 6.23. The highest BCUT2D eigenvalue weighted by Gasteiger charge is 2.28. The van der Waals surface area contributed by atoms with E-state index in [9.17, 15) is 9.59 Å². The Morgan fingerprint density at radius 1 is 1.05 bits per heavy atom. The zero-order valence-corrected chi connectivity index (χ0v) is 24.2. The molecule has 206 valence electrons. The second-order valence-electron chi connectivity index (χ2n) is 9.19. The van der Waals surface area contributed by atoms with Gasteiger partial charge in [0.15, 0.2) is 0 Å². The van der Waals surface area contributed by atoms with Crippen molar-refractivity contribution < 1.29 is 23.8 Å². The molecule has 4 aromatic rings. The first-order chi connectivity index (χ1) is 18.7. The normalized spacial score (nSPS) is 11.2. The van der Waals surface area contributed by atoms with E-state index in [1.165, 1.54) is 14.0 Å². The molecule has 4 rings (SSSR count). The maximum atomic E-state index is 12.9. The standard InChI is InChI=1S/C29H31Cl2N3O5/c1-17-25(24(15-30)34(32-17)16-19-8-10-20(37-4)11-9-19)26-23(31)13-12-22-21(7-6-14-39-18(2)35)28(29(36)38-5)33(3)27(22)26/h8-13H,6-7,14-16H2,1-5H3. The van der Waals surface area contributed by atoms with Crippen molar-refractivity contribution in [2.75, 3.05) is 20.8 Å². The second kappa shape index (κ2) is 12.1. The van der Waals surface area contributed by atoms with Crippen molar-refractivity contribution in [1.29, 1.82) is 0 Å². The minimum Gasteiger partial charge on any atom is -0.497 e. The number of esters is 2. The number of benzene rings is 2. The summed E-state index contributed by atoms with van der Waals surface area (Å²) < 4.78 is 19.2. The van der Waals surface area contributed by atoms with Crippen molar-refractivity contribution in [2.24, 2.45) is 7.05 Å². The lowest BCUT2D eigenvalue weighted by molar-refractivity contribution is -0.141. The Bertz CT molecular complexity index is 1520. The van der Waals surface area contributed by atoms with Crippen molar-refractivity contribution in [3.63, 3.8) is 0 Å². The Hall–Kier alpha value is -3.49. The Balaban J connectivity index is 1.87. The maximum absolute atomic E-state index is 12.9. The van der Waals surface area contributed by atoms with E-state index in [0.29, 0.717) is 30.1 Å². The van der Waals surface area contributed by atoms with Gasteiger partial charge in [0, 0.05) is 30.5 Å². The number of halogens is 2. The number of methoxy groups -OCH3 is 2. The molecule has 0 amide bonds. The van der Waals surface area contributed by atoms with Crippen LogP contribution in [-0.2, 0) is 40.2 Å². The van der Waals surface area contributed by atoms with E-state index in [0.717, 1.165) is 50.3 Å². The van der Waals surface area contributed by atoms with Crippen LogP contribution in [0.4, 0.5) is 0 Å². The molecule has 0 saturated carbocycles. The average Bonchev–Trinajstić information content (AvgIpc) is 3.38. The van der Waals surface area contributed by atoms with E-state index in [1.54, 1.807) is 7.11 Å². The quantitative estimate of drug-likeness (QED) is 0.130. The molecule has 0 fully saturated rings. The Morgan fingerprint density at radius 3 is 2.38 bits per heavy atom. The monoisotopic (exact) mass is 571 g/mol. The van der Waals surface area contributed by atoms with Gasteiger partial charge in [-0.15, -0.1) is 11.6 Å². The van der Waals surface area contributed by atoms with Crippen molar-refractivity contribution in [1.82, 2.24) is 14.3 Å². The molecule has 0 aliphatic carbocycles. The molecule has 0 saturated heterocycles. The number of hydrogen-bond donors (Lipinski definition) is 0. The number of hydrogen-bond acceptors (Lipinski definition) is 6. The van der Waals surface area contributed by atoms with Gasteiger partial charge in [0.05, 0.1) is 55.2 Å². The number of fused-ring (bicyclic) bond motifs is 1. The van der Waals surface area contributed by atoms with Gasteiger partial charge in [-0.2, -0.15) is 5.10 Å². The van der Waals surface area contributed by atoms with Crippen molar-refractivity contribution in [3.8, 4) is 16.9 Å². The van der Waals surface area contributed by atoms with Gasteiger partial charge in [0.25, 0.3) is 0 Å². The number of rotatable bonds is 10. The molecule has 0 aliphatic rings. The number of aryl methyl sites for hydroxylation is 3. The SMILES string of the molecule is COC(=O)c1c(CCCOC(C)=O)c2ccc(Cl)c(-c3c(C)nn(Cc4ccc(OC)cc4)c3CCl)c2n1C. The predicted octanol–water partition coefficient (Wildman–Crippen LogP) is 6.08. The minimum absolute atomic E-state index is 0.211. The lowest BCUT2D eigenvalue weighted by atomic mass is 9.98. The highest BCUT2D eigenvalue weighted by Crippen LogP contribution is 2.42. The van der Waals surface area contributed by atoms with Crippen molar-refractivity contribution in [3.05, 3.63) is 69.6 Å². The lowest BCUT2D eigenvalue weighted by Crippen LogP contribution is -2.11. The van der Waals surface area contributed by atoms with E-state index in [4.69, 9.17) is 42.5 Å². The third-order valence-electron chi connectivity index (χ3n) is 6.76. The summed E-state index contributed by atoms with van der Waals surface area (Å²) in [6, 6.07) is 11.5. The molecule has 2 aromatic heterocycles. The largest absolute Gasteiger partial charge is 0.497 e. The van der Waals surface area contributed by atoms with Crippen LogP contribution in [0.15, 0.2) is 36.4 Å². The minimum atomic E-state index is -0.456. The molecule has 0 spiro atoms. The molecule has 0 N–H and O–H groups in total. The van der Waals surface area contributed by atoms with Gasteiger partial charge in [-0.1, -0.05) is 29.8 Å². The van der Waals surface area contributed by atoms with E-state index >= 15 is 0 Å². The van der Waals surface area contributed by atoms with Crippen molar-refractivity contribution in [2.45, 2.75) is 39.1 Å². The number of carbonyl (C=O) groups is 2. The highest BCUT2D eigenvalue weighted by atomic mass is 35.5. The highest BCUT2D eigenvalue weighted by molar-refractivity contribution is 6.35.